The van der Waals surface area contributed by atoms with Gasteiger partial charge in [-0.05, 0) is 26.1 Å². The molecule has 2 unspecified atom stereocenters. The van der Waals surface area contributed by atoms with Gasteiger partial charge in [0.1, 0.15) is 9.84 Å². The lowest BCUT2D eigenvalue weighted by atomic mass is 10.1. The van der Waals surface area contributed by atoms with Gasteiger partial charge in [-0.3, -0.25) is 9.88 Å². The van der Waals surface area contributed by atoms with Gasteiger partial charge in [0.25, 0.3) is 0 Å². The van der Waals surface area contributed by atoms with Crippen LogP contribution >= 0.6 is 0 Å². The van der Waals surface area contributed by atoms with Gasteiger partial charge in [0, 0.05) is 25.0 Å². The lowest BCUT2D eigenvalue weighted by molar-refractivity contribution is 0.226. The number of aromatic nitrogens is 1. The molecule has 102 valence electrons. The Kier molecular flexibility index (Phi) is 5.25. The molecule has 2 N–H and O–H groups in total. The summed E-state index contributed by atoms with van der Waals surface area (Å²) in [7, 11) is -1.09. The van der Waals surface area contributed by atoms with Gasteiger partial charge in [-0.25, -0.2) is 8.42 Å². The van der Waals surface area contributed by atoms with E-state index in [-0.39, 0.29) is 17.8 Å². The zero-order valence-electron chi connectivity index (χ0n) is 11.1. The molecule has 0 aliphatic heterocycles. The van der Waals surface area contributed by atoms with Crippen molar-refractivity contribution in [2.45, 2.75) is 19.0 Å². The highest BCUT2D eigenvalue weighted by Crippen LogP contribution is 2.19. The molecule has 0 saturated carbocycles. The molecular weight excluding hydrogens is 250 g/mol. The van der Waals surface area contributed by atoms with E-state index < -0.39 is 9.84 Å². The summed E-state index contributed by atoms with van der Waals surface area (Å²) in [6.07, 6.45) is 2.96. The van der Waals surface area contributed by atoms with Gasteiger partial charge in [0.05, 0.1) is 17.5 Å². The summed E-state index contributed by atoms with van der Waals surface area (Å²) in [6.45, 7) is 2.35. The van der Waals surface area contributed by atoms with Gasteiger partial charge >= 0.3 is 0 Å². The van der Waals surface area contributed by atoms with Crippen molar-refractivity contribution in [3.05, 3.63) is 30.1 Å². The van der Waals surface area contributed by atoms with Crippen LogP contribution in [0.15, 0.2) is 24.4 Å². The van der Waals surface area contributed by atoms with E-state index in [9.17, 15) is 8.42 Å². The molecule has 2 atom stereocenters. The second-order valence-electron chi connectivity index (χ2n) is 4.67. The number of likely N-dealkylation sites (N-methyl/N-ethyl adjacent to an activating group) is 1. The first-order chi connectivity index (χ1) is 8.31. The smallest absolute Gasteiger partial charge is 0.148 e. The van der Waals surface area contributed by atoms with E-state index >= 15 is 0 Å². The van der Waals surface area contributed by atoms with Crippen LogP contribution in [0.4, 0.5) is 0 Å². The van der Waals surface area contributed by atoms with E-state index in [1.807, 2.05) is 37.1 Å². The van der Waals surface area contributed by atoms with Crippen molar-refractivity contribution in [1.82, 2.24) is 9.88 Å². The fourth-order valence-electron chi connectivity index (χ4n) is 1.90. The Labute approximate surface area is 109 Å². The van der Waals surface area contributed by atoms with Crippen LogP contribution in [-0.2, 0) is 9.84 Å². The number of sulfone groups is 1. The molecule has 1 aromatic heterocycles. The average molecular weight is 271 g/mol. The third kappa shape index (κ3) is 4.72. The highest BCUT2D eigenvalue weighted by Gasteiger charge is 2.22. The van der Waals surface area contributed by atoms with E-state index in [4.69, 9.17) is 5.73 Å². The SMILES string of the molecule is CC(N)C(c1ccccn1)N(C)CCS(C)(=O)=O. The molecule has 0 radical (unpaired) electrons. The standard InChI is InChI=1S/C12H21N3O2S/c1-10(13)12(11-6-4-5-7-14-11)15(2)8-9-18(3,16)17/h4-7,10,12H,8-9,13H2,1-3H3. The summed E-state index contributed by atoms with van der Waals surface area (Å²) >= 11 is 0. The van der Waals surface area contributed by atoms with E-state index in [2.05, 4.69) is 4.98 Å². The topological polar surface area (TPSA) is 76.3 Å². The third-order valence-corrected chi connectivity index (χ3v) is 3.70. The molecular formula is C12H21N3O2S. The van der Waals surface area contributed by atoms with Crippen LogP contribution in [0.5, 0.6) is 0 Å². The predicted molar refractivity (Wildman–Crippen MR) is 73.0 cm³/mol. The van der Waals surface area contributed by atoms with Crippen molar-refractivity contribution in [2.24, 2.45) is 5.73 Å². The predicted octanol–water partition coefficient (Wildman–Crippen LogP) is 0.446. The molecule has 0 saturated heterocycles. The molecule has 1 aromatic rings. The number of nitrogens with two attached hydrogens (primary N) is 1. The fraction of sp³-hybridized carbons (Fsp3) is 0.583. The summed E-state index contributed by atoms with van der Waals surface area (Å²) in [6, 6.07) is 5.46. The largest absolute Gasteiger partial charge is 0.326 e. The minimum Gasteiger partial charge on any atom is -0.326 e. The van der Waals surface area contributed by atoms with Gasteiger partial charge in [0.2, 0.25) is 0 Å². The quantitative estimate of drug-likeness (QED) is 0.813. The van der Waals surface area contributed by atoms with Crippen molar-refractivity contribution in [1.29, 1.82) is 0 Å². The molecule has 0 bridgehead atoms. The van der Waals surface area contributed by atoms with Crippen LogP contribution < -0.4 is 5.73 Å². The maximum absolute atomic E-state index is 11.2. The van der Waals surface area contributed by atoms with Crippen molar-refractivity contribution >= 4 is 9.84 Å². The number of pyridine rings is 1. The molecule has 1 heterocycles. The fourth-order valence-corrected chi connectivity index (χ4v) is 2.52. The van der Waals surface area contributed by atoms with Crippen LogP contribution in [0.3, 0.4) is 0 Å². The maximum Gasteiger partial charge on any atom is 0.148 e. The summed E-state index contributed by atoms with van der Waals surface area (Å²) < 4.78 is 22.4. The Morgan fingerprint density at radius 1 is 1.44 bits per heavy atom. The highest BCUT2D eigenvalue weighted by molar-refractivity contribution is 7.90. The van der Waals surface area contributed by atoms with E-state index in [1.165, 1.54) is 6.26 Å². The Morgan fingerprint density at radius 3 is 2.56 bits per heavy atom. The number of rotatable bonds is 6. The van der Waals surface area contributed by atoms with Gasteiger partial charge in [0.15, 0.2) is 0 Å². The molecule has 0 aliphatic rings. The molecule has 0 aromatic carbocycles. The van der Waals surface area contributed by atoms with Crippen molar-refractivity contribution in [2.75, 3.05) is 25.6 Å². The van der Waals surface area contributed by atoms with Crippen LogP contribution in [0.2, 0.25) is 0 Å². The zero-order chi connectivity index (χ0) is 13.8. The van der Waals surface area contributed by atoms with Crippen LogP contribution in [0, 0.1) is 0 Å². The second kappa shape index (κ2) is 6.26. The summed E-state index contributed by atoms with van der Waals surface area (Å²) in [5, 5.41) is 0. The summed E-state index contributed by atoms with van der Waals surface area (Å²) in [4.78, 5) is 6.23. The van der Waals surface area contributed by atoms with E-state index in [1.54, 1.807) is 6.20 Å². The maximum atomic E-state index is 11.2. The molecule has 1 rings (SSSR count). The molecule has 18 heavy (non-hydrogen) atoms. The highest BCUT2D eigenvalue weighted by atomic mass is 32.2. The average Bonchev–Trinajstić information content (AvgIpc) is 2.26. The molecule has 0 fully saturated rings. The summed E-state index contributed by atoms with van der Waals surface area (Å²) in [5.41, 5.74) is 6.84. The molecule has 5 nitrogen and oxygen atoms in total. The van der Waals surface area contributed by atoms with Crippen molar-refractivity contribution in [3.8, 4) is 0 Å². The van der Waals surface area contributed by atoms with E-state index in [0.717, 1.165) is 5.69 Å². The molecule has 6 heteroatoms. The van der Waals surface area contributed by atoms with Crippen LogP contribution in [0.1, 0.15) is 18.7 Å². The Balaban J connectivity index is 2.80. The van der Waals surface area contributed by atoms with Crippen LogP contribution in [-0.4, -0.2) is 49.9 Å². The zero-order valence-corrected chi connectivity index (χ0v) is 11.9. The van der Waals surface area contributed by atoms with E-state index in [0.29, 0.717) is 6.54 Å². The van der Waals surface area contributed by atoms with Gasteiger partial charge in [-0.1, -0.05) is 6.07 Å². The van der Waals surface area contributed by atoms with Gasteiger partial charge < -0.3 is 5.73 Å². The Morgan fingerprint density at radius 2 is 2.11 bits per heavy atom. The van der Waals surface area contributed by atoms with Crippen molar-refractivity contribution < 1.29 is 8.42 Å². The van der Waals surface area contributed by atoms with Gasteiger partial charge in [-0.15, -0.1) is 0 Å². The van der Waals surface area contributed by atoms with Gasteiger partial charge in [-0.2, -0.15) is 0 Å². The first-order valence-electron chi connectivity index (χ1n) is 5.86. The number of hydrogen-bond acceptors (Lipinski definition) is 5. The minimum atomic E-state index is -2.96. The molecule has 0 spiro atoms. The Bertz CT molecular complexity index is 459. The lowest BCUT2D eigenvalue weighted by Gasteiger charge is -2.30. The molecule has 0 amide bonds. The summed E-state index contributed by atoms with van der Waals surface area (Å²) in [5.74, 6) is 0.125. The van der Waals surface area contributed by atoms with Crippen molar-refractivity contribution in [3.63, 3.8) is 0 Å². The Hall–Kier alpha value is -0.980. The monoisotopic (exact) mass is 271 g/mol. The lowest BCUT2D eigenvalue weighted by Crippen LogP contribution is -2.39. The third-order valence-electron chi connectivity index (χ3n) is 2.78. The number of nitrogens with zero attached hydrogens (tertiary/aromatic N) is 2. The molecule has 0 aliphatic carbocycles. The minimum absolute atomic E-state index is 0.0760. The first kappa shape index (κ1) is 15.1. The number of hydrogen-bond donors (Lipinski definition) is 1. The first-order valence-corrected chi connectivity index (χ1v) is 7.92. The van der Waals surface area contributed by atoms with Crippen LogP contribution in [0.25, 0.3) is 0 Å². The second-order valence-corrected chi connectivity index (χ2v) is 6.93. The normalized spacial score (nSPS) is 15.6.